The second-order valence-corrected chi connectivity index (χ2v) is 4.66. The zero-order valence-corrected chi connectivity index (χ0v) is 10.5. The second-order valence-electron chi connectivity index (χ2n) is 4.66. The summed E-state index contributed by atoms with van der Waals surface area (Å²) in [5.74, 6) is -2.24. The largest absolute Gasteiger partial charge is 0.573 e. The van der Waals surface area contributed by atoms with Crippen molar-refractivity contribution in [1.29, 1.82) is 0 Å². The lowest BCUT2D eigenvalue weighted by Crippen LogP contribution is -2.39. The van der Waals surface area contributed by atoms with Crippen molar-refractivity contribution >= 4 is 5.97 Å². The fourth-order valence-electron chi connectivity index (χ4n) is 2.46. The zero-order valence-electron chi connectivity index (χ0n) is 10.5. The van der Waals surface area contributed by atoms with Crippen LogP contribution < -0.4 is 10.1 Å². The number of carbonyl (C=O) groups is 1. The van der Waals surface area contributed by atoms with Crippen LogP contribution in [0, 0.1) is 5.92 Å². The molecule has 0 radical (unpaired) electrons. The average molecular weight is 289 g/mol. The number of aliphatic carboxylic acids is 1. The molecule has 2 N–H and O–H groups in total. The number of carboxylic acid groups (broad SMARTS) is 1. The van der Waals surface area contributed by atoms with Crippen LogP contribution in [0.2, 0.25) is 0 Å². The summed E-state index contributed by atoms with van der Waals surface area (Å²) < 4.78 is 40.4. The summed E-state index contributed by atoms with van der Waals surface area (Å²) in [5.41, 5.74) is 0.556. The standard InChI is InChI=1S/C13H14F3NO3/c14-13(15,16)20-9-3-1-2-8(6-9)10-4-5-17-7-11(10)12(18)19/h1-3,6,10-11,17H,4-5,7H2,(H,18,19). The molecule has 0 saturated carbocycles. The van der Waals surface area contributed by atoms with Gasteiger partial charge in [0.15, 0.2) is 0 Å². The fraction of sp³-hybridized carbons (Fsp3) is 0.462. The van der Waals surface area contributed by atoms with Gasteiger partial charge in [-0.2, -0.15) is 0 Å². The molecule has 1 saturated heterocycles. The van der Waals surface area contributed by atoms with Gasteiger partial charge in [0.25, 0.3) is 0 Å². The van der Waals surface area contributed by atoms with Crippen LogP contribution in [0.15, 0.2) is 24.3 Å². The van der Waals surface area contributed by atoms with E-state index in [0.29, 0.717) is 25.1 Å². The molecule has 2 rings (SSSR count). The third-order valence-electron chi connectivity index (χ3n) is 3.32. The minimum atomic E-state index is -4.75. The van der Waals surface area contributed by atoms with Gasteiger partial charge in [-0.05, 0) is 36.6 Å². The molecule has 20 heavy (non-hydrogen) atoms. The number of benzene rings is 1. The summed E-state index contributed by atoms with van der Waals surface area (Å²) in [7, 11) is 0. The Labute approximate surface area is 113 Å². The van der Waals surface area contributed by atoms with Gasteiger partial charge < -0.3 is 15.2 Å². The van der Waals surface area contributed by atoms with Gasteiger partial charge in [0.05, 0.1) is 5.92 Å². The number of piperidine rings is 1. The van der Waals surface area contributed by atoms with Gasteiger partial charge in [-0.25, -0.2) is 0 Å². The predicted molar refractivity (Wildman–Crippen MR) is 64.5 cm³/mol. The Kier molecular flexibility index (Phi) is 4.17. The maximum Gasteiger partial charge on any atom is 0.573 e. The molecule has 2 unspecified atom stereocenters. The topological polar surface area (TPSA) is 58.6 Å². The summed E-state index contributed by atoms with van der Waals surface area (Å²) in [6.45, 7) is 0.948. The Balaban J connectivity index is 2.22. The van der Waals surface area contributed by atoms with Gasteiger partial charge in [0.2, 0.25) is 0 Å². The number of hydrogen-bond acceptors (Lipinski definition) is 3. The average Bonchev–Trinajstić information content (AvgIpc) is 2.37. The molecule has 1 aliphatic rings. The molecular weight excluding hydrogens is 275 g/mol. The number of rotatable bonds is 3. The first kappa shape index (κ1) is 14.6. The highest BCUT2D eigenvalue weighted by Crippen LogP contribution is 2.33. The van der Waals surface area contributed by atoms with E-state index in [1.54, 1.807) is 6.07 Å². The van der Waals surface area contributed by atoms with Crippen molar-refractivity contribution < 1.29 is 27.8 Å². The molecule has 0 spiro atoms. The normalized spacial score (nSPS) is 23.4. The van der Waals surface area contributed by atoms with Gasteiger partial charge in [-0.15, -0.1) is 13.2 Å². The maximum atomic E-state index is 12.2. The minimum absolute atomic E-state index is 0.310. The van der Waals surface area contributed by atoms with Crippen molar-refractivity contribution in [2.45, 2.75) is 18.7 Å². The first-order valence-electron chi connectivity index (χ1n) is 6.16. The van der Waals surface area contributed by atoms with Crippen molar-refractivity contribution in [2.75, 3.05) is 13.1 Å². The lowest BCUT2D eigenvalue weighted by Gasteiger charge is -2.29. The van der Waals surface area contributed by atoms with E-state index in [2.05, 4.69) is 10.1 Å². The third kappa shape index (κ3) is 3.63. The van der Waals surface area contributed by atoms with E-state index >= 15 is 0 Å². The molecule has 110 valence electrons. The van der Waals surface area contributed by atoms with Crippen LogP contribution in [0.5, 0.6) is 5.75 Å². The highest BCUT2D eigenvalue weighted by Gasteiger charge is 2.34. The number of halogens is 3. The number of alkyl halides is 3. The predicted octanol–water partition coefficient (Wildman–Crippen LogP) is 2.36. The van der Waals surface area contributed by atoms with Crippen LogP contribution in [-0.2, 0) is 4.79 Å². The van der Waals surface area contributed by atoms with Gasteiger partial charge in [0, 0.05) is 6.54 Å². The van der Waals surface area contributed by atoms with E-state index in [9.17, 15) is 23.1 Å². The summed E-state index contributed by atoms with van der Waals surface area (Å²) in [6, 6.07) is 5.54. The van der Waals surface area contributed by atoms with Crippen molar-refractivity contribution in [3.05, 3.63) is 29.8 Å². The Bertz CT molecular complexity index is 490. The fourth-order valence-corrected chi connectivity index (χ4v) is 2.46. The van der Waals surface area contributed by atoms with E-state index in [1.165, 1.54) is 18.2 Å². The molecule has 1 aliphatic heterocycles. The molecule has 0 bridgehead atoms. The lowest BCUT2D eigenvalue weighted by atomic mass is 9.81. The first-order chi connectivity index (χ1) is 9.37. The van der Waals surface area contributed by atoms with Crippen molar-refractivity contribution in [3.8, 4) is 5.75 Å². The zero-order chi connectivity index (χ0) is 14.8. The van der Waals surface area contributed by atoms with Crippen LogP contribution in [0.25, 0.3) is 0 Å². The van der Waals surface area contributed by atoms with Gasteiger partial charge >= 0.3 is 12.3 Å². The van der Waals surface area contributed by atoms with Crippen LogP contribution in [0.1, 0.15) is 17.9 Å². The van der Waals surface area contributed by atoms with E-state index in [-0.39, 0.29) is 11.7 Å². The maximum absolute atomic E-state index is 12.2. The molecule has 1 aromatic carbocycles. The highest BCUT2D eigenvalue weighted by atomic mass is 19.4. The monoisotopic (exact) mass is 289 g/mol. The second kappa shape index (κ2) is 5.70. The van der Waals surface area contributed by atoms with Crippen LogP contribution in [0.4, 0.5) is 13.2 Å². The quantitative estimate of drug-likeness (QED) is 0.897. The van der Waals surface area contributed by atoms with Crippen LogP contribution in [0.3, 0.4) is 0 Å². The van der Waals surface area contributed by atoms with Gasteiger partial charge in [0.1, 0.15) is 5.75 Å². The molecule has 0 amide bonds. The molecule has 0 aliphatic carbocycles. The third-order valence-corrected chi connectivity index (χ3v) is 3.32. The van der Waals surface area contributed by atoms with E-state index in [0.717, 1.165) is 0 Å². The summed E-state index contributed by atoms with van der Waals surface area (Å²) in [4.78, 5) is 11.2. The Morgan fingerprint density at radius 3 is 2.80 bits per heavy atom. The molecule has 7 heteroatoms. The van der Waals surface area contributed by atoms with E-state index in [4.69, 9.17) is 0 Å². The molecule has 1 aromatic rings. The van der Waals surface area contributed by atoms with Crippen molar-refractivity contribution in [3.63, 3.8) is 0 Å². The van der Waals surface area contributed by atoms with Gasteiger partial charge in [-0.3, -0.25) is 4.79 Å². The molecule has 4 nitrogen and oxygen atoms in total. The van der Waals surface area contributed by atoms with Crippen LogP contribution in [-0.4, -0.2) is 30.5 Å². The van der Waals surface area contributed by atoms with Gasteiger partial charge in [-0.1, -0.05) is 12.1 Å². The Hall–Kier alpha value is -1.76. The molecule has 2 atom stereocenters. The first-order valence-corrected chi connectivity index (χ1v) is 6.16. The number of carboxylic acids is 1. The molecular formula is C13H14F3NO3. The van der Waals surface area contributed by atoms with E-state index in [1.807, 2.05) is 0 Å². The lowest BCUT2D eigenvalue weighted by molar-refractivity contribution is -0.274. The molecule has 1 fully saturated rings. The summed E-state index contributed by atoms with van der Waals surface area (Å²) in [6.07, 6.45) is -4.19. The summed E-state index contributed by atoms with van der Waals surface area (Å²) >= 11 is 0. The molecule has 0 aromatic heterocycles. The number of nitrogens with one attached hydrogen (secondary N) is 1. The number of hydrogen-bond donors (Lipinski definition) is 2. The number of ether oxygens (including phenoxy) is 1. The Morgan fingerprint density at radius 2 is 2.15 bits per heavy atom. The summed E-state index contributed by atoms with van der Waals surface area (Å²) in [5, 5.41) is 12.2. The smallest absolute Gasteiger partial charge is 0.481 e. The van der Waals surface area contributed by atoms with E-state index < -0.39 is 18.2 Å². The SMILES string of the molecule is O=C(O)C1CNCCC1c1cccc(OC(F)(F)F)c1. The van der Waals surface area contributed by atoms with Crippen molar-refractivity contribution in [1.82, 2.24) is 5.32 Å². The minimum Gasteiger partial charge on any atom is -0.481 e. The highest BCUT2D eigenvalue weighted by molar-refractivity contribution is 5.72. The molecule has 1 heterocycles. The van der Waals surface area contributed by atoms with Crippen molar-refractivity contribution in [2.24, 2.45) is 5.92 Å². The Morgan fingerprint density at radius 1 is 1.40 bits per heavy atom. The van der Waals surface area contributed by atoms with Crippen LogP contribution >= 0.6 is 0 Å².